The minimum atomic E-state index is -0.0920. The molecule has 0 aromatic heterocycles. The molecule has 1 aliphatic heterocycles. The minimum absolute atomic E-state index is 0.0920. The topological polar surface area (TPSA) is 32.3 Å². The second-order valence-electron chi connectivity index (χ2n) is 5.86. The van der Waals surface area contributed by atoms with E-state index in [0.29, 0.717) is 5.92 Å². The molecule has 4 heteroatoms. The van der Waals surface area contributed by atoms with Crippen LogP contribution in [0.2, 0.25) is 0 Å². The molecule has 0 bridgehead atoms. The molecule has 1 aromatic rings. The van der Waals surface area contributed by atoms with Crippen molar-refractivity contribution in [2.24, 2.45) is 5.92 Å². The average Bonchev–Trinajstić information content (AvgIpc) is 2.86. The predicted molar refractivity (Wildman–Crippen MR) is 85.8 cm³/mol. The molecule has 2 unspecified atom stereocenters. The molecule has 1 amide bonds. The Morgan fingerprint density at radius 2 is 2.10 bits per heavy atom. The zero-order valence-corrected chi connectivity index (χ0v) is 13.8. The van der Waals surface area contributed by atoms with Crippen molar-refractivity contribution in [2.45, 2.75) is 37.7 Å². The monoisotopic (exact) mass is 338 g/mol. The predicted octanol–water partition coefficient (Wildman–Crippen LogP) is 2.80. The summed E-state index contributed by atoms with van der Waals surface area (Å²) in [6.07, 6.45) is 1.04. The van der Waals surface area contributed by atoms with Crippen LogP contribution >= 0.6 is 15.9 Å². The molecular formula is C16H23BrN2O. The Balaban J connectivity index is 1.79. The van der Waals surface area contributed by atoms with Crippen LogP contribution in [0, 0.1) is 5.92 Å². The van der Waals surface area contributed by atoms with E-state index in [1.54, 1.807) is 0 Å². The molecule has 110 valence electrons. The number of amides is 1. The summed E-state index contributed by atoms with van der Waals surface area (Å²) in [6.45, 7) is 7.06. The first-order valence-corrected chi connectivity index (χ1v) is 8.18. The Bertz CT molecular complexity index is 435. The van der Waals surface area contributed by atoms with E-state index in [2.05, 4.69) is 64.3 Å². The Morgan fingerprint density at radius 3 is 2.75 bits per heavy atom. The molecule has 2 rings (SSSR count). The number of hydrogen-bond donors (Lipinski definition) is 1. The van der Waals surface area contributed by atoms with E-state index in [1.807, 2.05) is 6.07 Å². The lowest BCUT2D eigenvalue weighted by atomic mass is 10.1. The summed E-state index contributed by atoms with van der Waals surface area (Å²) in [5, 5.41) is 3.15. The van der Waals surface area contributed by atoms with Crippen molar-refractivity contribution in [1.82, 2.24) is 10.2 Å². The summed E-state index contributed by atoms with van der Waals surface area (Å²) in [5.74, 6) is 0.434. The molecule has 20 heavy (non-hydrogen) atoms. The van der Waals surface area contributed by atoms with Gasteiger partial charge in [0.1, 0.15) is 0 Å². The van der Waals surface area contributed by atoms with Gasteiger partial charge in [-0.3, -0.25) is 9.69 Å². The molecular weight excluding hydrogens is 316 g/mol. The summed E-state index contributed by atoms with van der Waals surface area (Å²) in [4.78, 5) is 14.3. The molecule has 2 atom stereocenters. The Labute approximate surface area is 129 Å². The highest BCUT2D eigenvalue weighted by molar-refractivity contribution is 9.10. The highest BCUT2D eigenvalue weighted by atomic mass is 79.9. The first-order chi connectivity index (χ1) is 9.56. The Kier molecular flexibility index (Phi) is 5.61. The Hall–Kier alpha value is -0.870. The van der Waals surface area contributed by atoms with E-state index in [9.17, 15) is 4.79 Å². The van der Waals surface area contributed by atoms with Gasteiger partial charge in [0.25, 0.3) is 0 Å². The smallest absolute Gasteiger partial charge is 0.234 e. The number of benzene rings is 1. The molecule has 1 aliphatic rings. The van der Waals surface area contributed by atoms with E-state index in [0.717, 1.165) is 26.1 Å². The summed E-state index contributed by atoms with van der Waals surface area (Å²) in [6, 6.07) is 10.8. The van der Waals surface area contributed by atoms with Crippen molar-refractivity contribution in [3.05, 3.63) is 35.9 Å². The third kappa shape index (κ3) is 4.32. The number of hydrogen-bond acceptors (Lipinski definition) is 2. The molecule has 1 fully saturated rings. The maximum Gasteiger partial charge on any atom is 0.234 e. The van der Waals surface area contributed by atoms with E-state index in [4.69, 9.17) is 0 Å². The van der Waals surface area contributed by atoms with Crippen molar-refractivity contribution < 1.29 is 4.79 Å². The summed E-state index contributed by atoms with van der Waals surface area (Å²) >= 11 is 3.46. The summed E-state index contributed by atoms with van der Waals surface area (Å²) < 4.78 is 0. The fraction of sp³-hybridized carbons (Fsp3) is 0.562. The molecule has 0 spiro atoms. The van der Waals surface area contributed by atoms with Gasteiger partial charge >= 0.3 is 0 Å². The molecule has 0 radical (unpaired) electrons. The zero-order valence-electron chi connectivity index (χ0n) is 12.2. The van der Waals surface area contributed by atoms with E-state index in [1.165, 1.54) is 5.56 Å². The maximum atomic E-state index is 12.0. The molecule has 1 aromatic carbocycles. The third-order valence-corrected chi connectivity index (χ3v) is 5.18. The van der Waals surface area contributed by atoms with Crippen LogP contribution in [0.3, 0.4) is 0 Å². The first-order valence-electron chi connectivity index (χ1n) is 7.27. The van der Waals surface area contributed by atoms with Gasteiger partial charge in [-0.25, -0.2) is 0 Å². The van der Waals surface area contributed by atoms with Gasteiger partial charge in [-0.1, -0.05) is 60.1 Å². The van der Waals surface area contributed by atoms with Gasteiger partial charge in [0, 0.05) is 25.7 Å². The lowest BCUT2D eigenvalue weighted by Crippen LogP contribution is -2.42. The van der Waals surface area contributed by atoms with E-state index < -0.39 is 0 Å². The van der Waals surface area contributed by atoms with Crippen molar-refractivity contribution in [2.75, 3.05) is 13.1 Å². The Morgan fingerprint density at radius 1 is 1.40 bits per heavy atom. The molecule has 3 nitrogen and oxygen atoms in total. The number of rotatable bonds is 5. The largest absolute Gasteiger partial charge is 0.351 e. The lowest BCUT2D eigenvalue weighted by molar-refractivity contribution is -0.121. The summed E-state index contributed by atoms with van der Waals surface area (Å²) in [5.41, 5.74) is 1.33. The highest BCUT2D eigenvalue weighted by Crippen LogP contribution is 2.16. The van der Waals surface area contributed by atoms with E-state index >= 15 is 0 Å². The van der Waals surface area contributed by atoms with Crippen LogP contribution in [0.15, 0.2) is 30.3 Å². The number of nitrogens with one attached hydrogen (secondary N) is 1. The fourth-order valence-electron chi connectivity index (χ4n) is 2.52. The minimum Gasteiger partial charge on any atom is -0.351 e. The van der Waals surface area contributed by atoms with Crippen molar-refractivity contribution in [1.29, 1.82) is 0 Å². The third-order valence-electron chi connectivity index (χ3n) is 3.70. The second-order valence-corrected chi connectivity index (χ2v) is 6.85. The van der Waals surface area contributed by atoms with Gasteiger partial charge < -0.3 is 5.32 Å². The molecule has 1 heterocycles. The SMILES string of the molecule is CC(C)C(Br)C(=O)NC1CCN(Cc2ccccc2)C1. The quantitative estimate of drug-likeness (QED) is 0.837. The van der Waals surface area contributed by atoms with Crippen LogP contribution in [0.4, 0.5) is 0 Å². The number of carbonyl (C=O) groups is 1. The fourth-order valence-corrected chi connectivity index (χ4v) is 2.65. The lowest BCUT2D eigenvalue weighted by Gasteiger charge is -2.19. The molecule has 0 saturated carbocycles. The van der Waals surface area contributed by atoms with E-state index in [-0.39, 0.29) is 16.8 Å². The van der Waals surface area contributed by atoms with Gasteiger partial charge in [0.05, 0.1) is 4.83 Å². The molecule has 0 aliphatic carbocycles. The van der Waals surface area contributed by atoms with Crippen LogP contribution in [-0.4, -0.2) is 34.8 Å². The van der Waals surface area contributed by atoms with Crippen LogP contribution in [0.5, 0.6) is 0 Å². The van der Waals surface area contributed by atoms with Crippen molar-refractivity contribution in [3.63, 3.8) is 0 Å². The standard InChI is InChI=1S/C16H23BrN2O/c1-12(2)15(17)16(20)18-14-8-9-19(11-14)10-13-6-4-3-5-7-13/h3-7,12,14-15H,8-11H2,1-2H3,(H,18,20). The first kappa shape index (κ1) is 15.5. The molecule has 1 saturated heterocycles. The average molecular weight is 339 g/mol. The van der Waals surface area contributed by atoms with Crippen molar-refractivity contribution in [3.8, 4) is 0 Å². The van der Waals surface area contributed by atoms with Crippen LogP contribution in [0.25, 0.3) is 0 Å². The van der Waals surface area contributed by atoms with Gasteiger partial charge in [-0.15, -0.1) is 0 Å². The highest BCUT2D eigenvalue weighted by Gasteiger charge is 2.26. The second kappa shape index (κ2) is 7.23. The van der Waals surface area contributed by atoms with Crippen LogP contribution in [0.1, 0.15) is 25.8 Å². The van der Waals surface area contributed by atoms with Gasteiger partial charge in [0.15, 0.2) is 0 Å². The number of nitrogens with zero attached hydrogens (tertiary/aromatic N) is 1. The van der Waals surface area contributed by atoms with Crippen LogP contribution < -0.4 is 5.32 Å². The van der Waals surface area contributed by atoms with Gasteiger partial charge in [-0.05, 0) is 17.9 Å². The van der Waals surface area contributed by atoms with Gasteiger partial charge in [0.2, 0.25) is 5.91 Å². The van der Waals surface area contributed by atoms with Gasteiger partial charge in [-0.2, -0.15) is 0 Å². The normalized spacial score (nSPS) is 21.1. The maximum absolute atomic E-state index is 12.0. The summed E-state index contributed by atoms with van der Waals surface area (Å²) in [7, 11) is 0. The zero-order chi connectivity index (χ0) is 14.5. The number of carbonyl (C=O) groups excluding carboxylic acids is 1. The van der Waals surface area contributed by atoms with Crippen LogP contribution in [-0.2, 0) is 11.3 Å². The van der Waals surface area contributed by atoms with Crippen molar-refractivity contribution >= 4 is 21.8 Å². The number of likely N-dealkylation sites (tertiary alicyclic amines) is 1. The molecule has 1 N–H and O–H groups in total. The number of alkyl halides is 1. The number of halogens is 1.